The first-order valence-electron chi connectivity index (χ1n) is 8.79. The zero-order valence-electron chi connectivity index (χ0n) is 14.9. The molecule has 2 aliphatic heterocycles. The van der Waals surface area contributed by atoms with E-state index in [0.29, 0.717) is 19.5 Å². The maximum Gasteiger partial charge on any atom is 0.313 e. The van der Waals surface area contributed by atoms with Gasteiger partial charge in [-0.05, 0) is 38.8 Å². The van der Waals surface area contributed by atoms with Crippen molar-refractivity contribution in [2.75, 3.05) is 19.7 Å². The molecule has 4 unspecified atom stereocenters. The first-order valence-corrected chi connectivity index (χ1v) is 8.79. The van der Waals surface area contributed by atoms with Gasteiger partial charge in [-0.2, -0.15) is 0 Å². The summed E-state index contributed by atoms with van der Waals surface area (Å²) in [6.45, 7) is 6.81. The van der Waals surface area contributed by atoms with Gasteiger partial charge >= 0.3 is 5.97 Å². The number of rotatable bonds is 3. The van der Waals surface area contributed by atoms with Crippen molar-refractivity contribution in [2.24, 2.45) is 5.92 Å². The molecule has 136 valence electrons. The molecule has 1 saturated heterocycles. The van der Waals surface area contributed by atoms with Crippen LogP contribution in [0.1, 0.15) is 26.3 Å². The summed E-state index contributed by atoms with van der Waals surface area (Å²) < 4.78 is 16.7. The number of hydrogen-bond acceptors (Lipinski definition) is 5. The summed E-state index contributed by atoms with van der Waals surface area (Å²) >= 11 is 0. The van der Waals surface area contributed by atoms with E-state index in [1.807, 2.05) is 38.1 Å². The lowest BCUT2D eigenvalue weighted by molar-refractivity contribution is -0.167. The van der Waals surface area contributed by atoms with Crippen molar-refractivity contribution in [2.45, 2.75) is 45.5 Å². The monoisotopic (exact) mass is 347 g/mol. The predicted molar refractivity (Wildman–Crippen MR) is 91.3 cm³/mol. The Balaban J connectivity index is 1.56. The lowest BCUT2D eigenvalue weighted by atomic mass is 9.97. The van der Waals surface area contributed by atoms with Crippen LogP contribution in [0.3, 0.4) is 0 Å². The number of hydrogen-bond donors (Lipinski definition) is 0. The Morgan fingerprint density at radius 3 is 2.60 bits per heavy atom. The minimum atomic E-state index is -0.804. The average Bonchev–Trinajstić information content (AvgIpc) is 2.59. The minimum absolute atomic E-state index is 0.0150. The molecule has 0 aromatic heterocycles. The van der Waals surface area contributed by atoms with Gasteiger partial charge in [0.15, 0.2) is 6.10 Å². The summed E-state index contributed by atoms with van der Waals surface area (Å²) in [6, 6.07) is 7.66. The van der Waals surface area contributed by atoms with Gasteiger partial charge in [0.1, 0.15) is 12.4 Å². The number of benzene rings is 1. The third-order valence-corrected chi connectivity index (χ3v) is 4.58. The van der Waals surface area contributed by atoms with Crippen molar-refractivity contribution in [3.63, 3.8) is 0 Å². The van der Waals surface area contributed by atoms with Crippen molar-refractivity contribution < 1.29 is 23.8 Å². The van der Waals surface area contributed by atoms with Crippen molar-refractivity contribution in [3.8, 4) is 5.75 Å². The first-order chi connectivity index (χ1) is 11.9. The zero-order chi connectivity index (χ0) is 18.0. The molecule has 3 rings (SSSR count). The Labute approximate surface area is 148 Å². The van der Waals surface area contributed by atoms with Crippen LogP contribution in [0.25, 0.3) is 0 Å². The molecule has 0 spiro atoms. The highest BCUT2D eigenvalue weighted by molar-refractivity contribution is 5.84. The smallest absolute Gasteiger partial charge is 0.313 e. The van der Waals surface area contributed by atoms with Crippen LogP contribution in [0.2, 0.25) is 0 Å². The van der Waals surface area contributed by atoms with Crippen LogP contribution in [-0.2, 0) is 25.5 Å². The molecule has 1 amide bonds. The van der Waals surface area contributed by atoms with Gasteiger partial charge in [0.25, 0.3) is 5.91 Å². The highest BCUT2D eigenvalue weighted by Gasteiger charge is 2.33. The van der Waals surface area contributed by atoms with Gasteiger partial charge in [-0.1, -0.05) is 18.2 Å². The van der Waals surface area contributed by atoms with E-state index < -0.39 is 6.10 Å². The predicted octanol–water partition coefficient (Wildman–Crippen LogP) is 1.81. The van der Waals surface area contributed by atoms with E-state index in [9.17, 15) is 9.59 Å². The molecular weight excluding hydrogens is 322 g/mol. The van der Waals surface area contributed by atoms with Crippen LogP contribution >= 0.6 is 0 Å². The highest BCUT2D eigenvalue weighted by Crippen LogP contribution is 2.27. The molecule has 4 atom stereocenters. The summed E-state index contributed by atoms with van der Waals surface area (Å²) in [5.74, 6) is -0.128. The van der Waals surface area contributed by atoms with E-state index in [-0.39, 0.29) is 36.6 Å². The Bertz CT molecular complexity index is 636. The van der Waals surface area contributed by atoms with Crippen LogP contribution in [0, 0.1) is 5.92 Å². The second kappa shape index (κ2) is 7.44. The van der Waals surface area contributed by atoms with Crippen molar-refractivity contribution in [3.05, 3.63) is 29.8 Å². The fourth-order valence-electron chi connectivity index (χ4n) is 3.42. The van der Waals surface area contributed by atoms with Gasteiger partial charge in [-0.25, -0.2) is 0 Å². The number of amides is 1. The molecule has 25 heavy (non-hydrogen) atoms. The normalized spacial score (nSPS) is 27.0. The van der Waals surface area contributed by atoms with E-state index in [1.165, 1.54) is 0 Å². The molecule has 0 saturated carbocycles. The molecule has 0 radical (unpaired) electrons. The van der Waals surface area contributed by atoms with Crippen molar-refractivity contribution >= 4 is 11.9 Å². The molecule has 0 N–H and O–H groups in total. The number of esters is 1. The third-order valence-electron chi connectivity index (χ3n) is 4.58. The molecule has 6 heteroatoms. The van der Waals surface area contributed by atoms with E-state index >= 15 is 0 Å². The topological polar surface area (TPSA) is 65.1 Å². The molecular formula is C19H25NO5. The molecule has 0 aliphatic carbocycles. The first kappa shape index (κ1) is 17.7. The molecule has 2 aliphatic rings. The Morgan fingerprint density at radius 1 is 1.20 bits per heavy atom. The van der Waals surface area contributed by atoms with E-state index in [2.05, 4.69) is 0 Å². The highest BCUT2D eigenvalue weighted by atomic mass is 16.6. The standard InChI is InChI=1S/C19H25NO5/c1-12-9-20(10-13(2)24-12)18(21)14(3)25-19(22)16-8-15-6-4-5-7-17(15)23-11-16/h4-7,12-14,16H,8-11H2,1-3H3. The molecule has 1 aromatic carbocycles. The molecule has 6 nitrogen and oxygen atoms in total. The zero-order valence-corrected chi connectivity index (χ0v) is 14.9. The van der Waals surface area contributed by atoms with E-state index in [0.717, 1.165) is 11.3 Å². The molecule has 0 bridgehead atoms. The van der Waals surface area contributed by atoms with Gasteiger partial charge in [-0.15, -0.1) is 0 Å². The summed E-state index contributed by atoms with van der Waals surface area (Å²) in [7, 11) is 0. The van der Waals surface area contributed by atoms with Crippen molar-refractivity contribution in [1.29, 1.82) is 0 Å². The van der Waals surface area contributed by atoms with Gasteiger partial charge < -0.3 is 19.1 Å². The van der Waals surface area contributed by atoms with E-state index in [4.69, 9.17) is 14.2 Å². The van der Waals surface area contributed by atoms with Crippen LogP contribution in [0.4, 0.5) is 0 Å². The van der Waals surface area contributed by atoms with Gasteiger partial charge in [0.05, 0.1) is 18.1 Å². The maximum absolute atomic E-state index is 12.6. The number of carbonyl (C=O) groups excluding carboxylic acids is 2. The van der Waals surface area contributed by atoms with Crippen molar-refractivity contribution in [1.82, 2.24) is 4.90 Å². The van der Waals surface area contributed by atoms with Crippen LogP contribution in [0.15, 0.2) is 24.3 Å². The summed E-state index contributed by atoms with van der Waals surface area (Å²) in [5, 5.41) is 0. The van der Waals surface area contributed by atoms with Gasteiger partial charge in [0.2, 0.25) is 0 Å². The Morgan fingerprint density at radius 2 is 1.88 bits per heavy atom. The number of para-hydroxylation sites is 1. The SMILES string of the molecule is CC1CN(C(=O)C(C)OC(=O)C2COc3ccccc3C2)CC(C)O1. The van der Waals surface area contributed by atoms with Gasteiger partial charge in [-0.3, -0.25) is 9.59 Å². The molecule has 1 aromatic rings. The van der Waals surface area contributed by atoms with E-state index in [1.54, 1.807) is 11.8 Å². The lowest BCUT2D eigenvalue weighted by Gasteiger charge is -2.36. The lowest BCUT2D eigenvalue weighted by Crippen LogP contribution is -2.51. The average molecular weight is 347 g/mol. The number of nitrogens with zero attached hydrogens (tertiary/aromatic N) is 1. The fraction of sp³-hybridized carbons (Fsp3) is 0.579. The second-order valence-electron chi connectivity index (χ2n) is 6.90. The second-order valence-corrected chi connectivity index (χ2v) is 6.90. The fourth-order valence-corrected chi connectivity index (χ4v) is 3.42. The largest absolute Gasteiger partial charge is 0.492 e. The summed E-state index contributed by atoms with van der Waals surface area (Å²) in [6.07, 6.45) is -0.262. The quantitative estimate of drug-likeness (QED) is 0.780. The third kappa shape index (κ3) is 4.12. The Kier molecular flexibility index (Phi) is 5.27. The number of morpholine rings is 1. The number of fused-ring (bicyclic) bond motifs is 1. The molecule has 2 heterocycles. The summed E-state index contributed by atoms with van der Waals surface area (Å²) in [4.78, 5) is 26.7. The summed E-state index contributed by atoms with van der Waals surface area (Å²) in [5.41, 5.74) is 0.991. The number of carbonyl (C=O) groups is 2. The Hall–Kier alpha value is -2.08. The van der Waals surface area contributed by atoms with Crippen LogP contribution in [0.5, 0.6) is 5.75 Å². The van der Waals surface area contributed by atoms with Gasteiger partial charge in [0, 0.05) is 13.1 Å². The maximum atomic E-state index is 12.6. The molecule has 1 fully saturated rings. The number of ether oxygens (including phenoxy) is 3. The van der Waals surface area contributed by atoms with Crippen LogP contribution in [-0.4, -0.2) is 54.8 Å². The minimum Gasteiger partial charge on any atom is -0.492 e. The van der Waals surface area contributed by atoms with Crippen LogP contribution < -0.4 is 4.74 Å².